The SMILES string of the molecule is NC(=O)CCC(=O)c1c(O)cccc1O. The normalized spacial score (nSPS) is 9.87. The van der Waals surface area contributed by atoms with E-state index < -0.39 is 11.7 Å². The molecule has 0 heterocycles. The second kappa shape index (κ2) is 4.45. The standard InChI is InChI=1S/C10H11NO4/c11-9(15)5-4-8(14)10-6(12)2-1-3-7(10)13/h1-3,12-13H,4-5H2,(H2,11,15). The zero-order chi connectivity index (χ0) is 11.4. The molecule has 5 nitrogen and oxygen atoms in total. The second-order valence-electron chi connectivity index (χ2n) is 3.06. The number of carbonyl (C=O) groups excluding carboxylic acids is 2. The summed E-state index contributed by atoms with van der Waals surface area (Å²) >= 11 is 0. The fourth-order valence-corrected chi connectivity index (χ4v) is 1.18. The van der Waals surface area contributed by atoms with Gasteiger partial charge in [-0.2, -0.15) is 0 Å². The highest BCUT2D eigenvalue weighted by Gasteiger charge is 2.16. The average Bonchev–Trinajstić information content (AvgIpc) is 2.14. The van der Waals surface area contributed by atoms with Gasteiger partial charge in [-0.3, -0.25) is 9.59 Å². The Bertz CT molecular complexity index is 380. The molecule has 15 heavy (non-hydrogen) atoms. The van der Waals surface area contributed by atoms with Gasteiger partial charge in [-0.05, 0) is 12.1 Å². The van der Waals surface area contributed by atoms with Crippen LogP contribution in [0.5, 0.6) is 11.5 Å². The number of Topliss-reactive ketones (excluding diaryl/α,β-unsaturated/α-hetero) is 1. The fraction of sp³-hybridized carbons (Fsp3) is 0.200. The Labute approximate surface area is 86.1 Å². The molecular weight excluding hydrogens is 198 g/mol. The minimum absolute atomic E-state index is 0.105. The van der Waals surface area contributed by atoms with Crippen LogP contribution in [0.15, 0.2) is 18.2 Å². The van der Waals surface area contributed by atoms with Crippen molar-refractivity contribution in [2.45, 2.75) is 12.8 Å². The Morgan fingerprint density at radius 1 is 1.13 bits per heavy atom. The van der Waals surface area contributed by atoms with Gasteiger partial charge in [-0.1, -0.05) is 6.07 Å². The Kier molecular flexibility index (Phi) is 3.28. The molecule has 4 N–H and O–H groups in total. The molecule has 5 heteroatoms. The van der Waals surface area contributed by atoms with Crippen LogP contribution in [-0.4, -0.2) is 21.9 Å². The van der Waals surface area contributed by atoms with Gasteiger partial charge in [0, 0.05) is 12.8 Å². The highest BCUT2D eigenvalue weighted by atomic mass is 16.3. The zero-order valence-electron chi connectivity index (χ0n) is 7.93. The van der Waals surface area contributed by atoms with Crippen molar-refractivity contribution in [3.63, 3.8) is 0 Å². The Morgan fingerprint density at radius 2 is 1.67 bits per heavy atom. The summed E-state index contributed by atoms with van der Waals surface area (Å²) < 4.78 is 0. The summed E-state index contributed by atoms with van der Waals surface area (Å²) in [5.74, 6) is -1.71. The van der Waals surface area contributed by atoms with Crippen molar-refractivity contribution in [1.29, 1.82) is 0 Å². The number of phenols is 2. The lowest BCUT2D eigenvalue weighted by Crippen LogP contribution is -2.12. The highest BCUT2D eigenvalue weighted by Crippen LogP contribution is 2.27. The van der Waals surface area contributed by atoms with Crippen molar-refractivity contribution in [2.75, 3.05) is 0 Å². The number of aromatic hydroxyl groups is 2. The molecule has 0 atom stereocenters. The van der Waals surface area contributed by atoms with Gasteiger partial charge in [0.25, 0.3) is 0 Å². The maximum absolute atomic E-state index is 11.5. The molecule has 0 aliphatic carbocycles. The van der Waals surface area contributed by atoms with Gasteiger partial charge < -0.3 is 15.9 Å². The van der Waals surface area contributed by atoms with Gasteiger partial charge in [0.1, 0.15) is 17.1 Å². The average molecular weight is 209 g/mol. The molecule has 0 spiro atoms. The van der Waals surface area contributed by atoms with Crippen molar-refractivity contribution in [3.05, 3.63) is 23.8 Å². The lowest BCUT2D eigenvalue weighted by molar-refractivity contribution is -0.118. The summed E-state index contributed by atoms with van der Waals surface area (Å²) in [6.45, 7) is 0. The number of primary amides is 1. The van der Waals surface area contributed by atoms with Crippen molar-refractivity contribution in [2.24, 2.45) is 5.73 Å². The first kappa shape index (κ1) is 11.0. The smallest absolute Gasteiger partial charge is 0.217 e. The zero-order valence-corrected chi connectivity index (χ0v) is 7.93. The largest absolute Gasteiger partial charge is 0.507 e. The van der Waals surface area contributed by atoms with Crippen LogP contribution in [0.1, 0.15) is 23.2 Å². The third-order valence-corrected chi connectivity index (χ3v) is 1.90. The van der Waals surface area contributed by atoms with Crippen LogP contribution >= 0.6 is 0 Å². The molecule has 1 amide bonds. The molecule has 0 unspecified atom stereocenters. The predicted octanol–water partition coefficient (Wildman–Crippen LogP) is 0.546. The summed E-state index contributed by atoms with van der Waals surface area (Å²) in [5, 5.41) is 18.7. The molecule has 0 bridgehead atoms. The molecule has 0 saturated carbocycles. The van der Waals surface area contributed by atoms with Crippen molar-refractivity contribution < 1.29 is 19.8 Å². The third kappa shape index (κ3) is 2.70. The molecule has 0 radical (unpaired) electrons. The number of hydrogen-bond donors (Lipinski definition) is 3. The molecule has 0 aromatic heterocycles. The van der Waals surface area contributed by atoms with Gasteiger partial charge >= 0.3 is 0 Å². The van der Waals surface area contributed by atoms with Crippen LogP contribution < -0.4 is 5.73 Å². The van der Waals surface area contributed by atoms with Crippen LogP contribution in [0, 0.1) is 0 Å². The highest BCUT2D eigenvalue weighted by molar-refractivity contribution is 6.02. The Balaban J connectivity index is 2.86. The summed E-state index contributed by atoms with van der Waals surface area (Å²) in [6, 6.07) is 3.99. The first-order chi connectivity index (χ1) is 7.02. The number of rotatable bonds is 4. The Morgan fingerprint density at radius 3 is 2.13 bits per heavy atom. The second-order valence-corrected chi connectivity index (χ2v) is 3.06. The lowest BCUT2D eigenvalue weighted by atomic mass is 10.0. The Hall–Kier alpha value is -2.04. The van der Waals surface area contributed by atoms with E-state index in [9.17, 15) is 19.8 Å². The van der Waals surface area contributed by atoms with Crippen LogP contribution in [0.3, 0.4) is 0 Å². The van der Waals surface area contributed by atoms with E-state index in [0.29, 0.717) is 0 Å². The number of hydrogen-bond acceptors (Lipinski definition) is 4. The first-order valence-corrected chi connectivity index (χ1v) is 4.35. The number of carbonyl (C=O) groups is 2. The molecule has 1 rings (SSSR count). The van der Waals surface area contributed by atoms with E-state index in [1.165, 1.54) is 18.2 Å². The summed E-state index contributed by atoms with van der Waals surface area (Å²) in [5.41, 5.74) is 4.71. The number of amides is 1. The molecule has 0 aliphatic rings. The van der Waals surface area contributed by atoms with E-state index in [1.54, 1.807) is 0 Å². The van der Waals surface area contributed by atoms with E-state index in [2.05, 4.69) is 0 Å². The molecule has 1 aromatic rings. The van der Waals surface area contributed by atoms with Gasteiger partial charge in [-0.15, -0.1) is 0 Å². The van der Waals surface area contributed by atoms with Gasteiger partial charge in [0.2, 0.25) is 5.91 Å². The van der Waals surface area contributed by atoms with Crippen LogP contribution in [0.4, 0.5) is 0 Å². The minimum Gasteiger partial charge on any atom is -0.507 e. The van der Waals surface area contributed by atoms with Crippen LogP contribution in [-0.2, 0) is 4.79 Å². The minimum atomic E-state index is -0.599. The molecule has 1 aromatic carbocycles. The van der Waals surface area contributed by atoms with Crippen molar-refractivity contribution in [1.82, 2.24) is 0 Å². The number of ketones is 1. The van der Waals surface area contributed by atoms with Gasteiger partial charge in [0.15, 0.2) is 5.78 Å². The molecule has 80 valence electrons. The maximum Gasteiger partial charge on any atom is 0.217 e. The maximum atomic E-state index is 11.5. The monoisotopic (exact) mass is 209 g/mol. The van der Waals surface area contributed by atoms with Gasteiger partial charge in [0.05, 0.1) is 0 Å². The topological polar surface area (TPSA) is 101 Å². The third-order valence-electron chi connectivity index (χ3n) is 1.90. The van der Waals surface area contributed by atoms with Crippen molar-refractivity contribution in [3.8, 4) is 11.5 Å². The number of phenolic OH excluding ortho intramolecular Hbond substituents is 2. The molecule has 0 aliphatic heterocycles. The van der Waals surface area contributed by atoms with E-state index in [4.69, 9.17) is 5.73 Å². The van der Waals surface area contributed by atoms with E-state index in [1.807, 2.05) is 0 Å². The quantitative estimate of drug-likeness (QED) is 0.630. The predicted molar refractivity (Wildman–Crippen MR) is 52.5 cm³/mol. The van der Waals surface area contributed by atoms with Gasteiger partial charge in [-0.25, -0.2) is 0 Å². The fourth-order valence-electron chi connectivity index (χ4n) is 1.18. The van der Waals surface area contributed by atoms with Crippen molar-refractivity contribution >= 4 is 11.7 Å². The summed E-state index contributed by atoms with van der Waals surface area (Å²) in [4.78, 5) is 21.9. The molecular formula is C10H11NO4. The first-order valence-electron chi connectivity index (χ1n) is 4.35. The molecule has 0 fully saturated rings. The van der Waals surface area contributed by atoms with Crippen LogP contribution in [0.2, 0.25) is 0 Å². The van der Waals surface area contributed by atoms with E-state index >= 15 is 0 Å². The summed E-state index contributed by atoms with van der Waals surface area (Å²) in [7, 11) is 0. The van der Waals surface area contributed by atoms with E-state index in [-0.39, 0.29) is 29.9 Å². The van der Waals surface area contributed by atoms with E-state index in [0.717, 1.165) is 0 Å². The summed E-state index contributed by atoms with van der Waals surface area (Å²) in [6.07, 6.45) is -0.229. The molecule has 0 saturated heterocycles. The lowest BCUT2D eigenvalue weighted by Gasteiger charge is -2.04. The number of nitrogens with two attached hydrogens (primary N) is 1. The number of benzene rings is 1. The van der Waals surface area contributed by atoms with Crippen LogP contribution in [0.25, 0.3) is 0 Å².